The summed E-state index contributed by atoms with van der Waals surface area (Å²) in [5.74, 6) is 0.824. The molecule has 0 radical (unpaired) electrons. The van der Waals surface area contributed by atoms with Gasteiger partial charge in [0.15, 0.2) is 0 Å². The molecular weight excluding hydrogens is 228 g/mol. The first-order chi connectivity index (χ1) is 8.75. The summed E-state index contributed by atoms with van der Waals surface area (Å²) in [5.41, 5.74) is 0. The lowest BCUT2D eigenvalue weighted by molar-refractivity contribution is -0.132. The summed E-state index contributed by atoms with van der Waals surface area (Å²) in [7, 11) is 0. The van der Waals surface area contributed by atoms with Crippen molar-refractivity contribution in [3.63, 3.8) is 0 Å². The maximum absolute atomic E-state index is 11.9. The molecule has 3 heterocycles. The minimum atomic E-state index is 0.210. The number of likely N-dealkylation sites (tertiary alicyclic amines) is 1. The van der Waals surface area contributed by atoms with Crippen molar-refractivity contribution in [2.45, 2.75) is 38.4 Å². The van der Waals surface area contributed by atoms with Crippen molar-refractivity contribution < 1.29 is 4.79 Å². The number of fused-ring (bicyclic) bond motifs is 1. The number of piperidine rings is 1. The van der Waals surface area contributed by atoms with Gasteiger partial charge in [0.05, 0.1) is 12.6 Å². The van der Waals surface area contributed by atoms with E-state index < -0.39 is 0 Å². The highest BCUT2D eigenvalue weighted by Gasteiger charge is 2.43. The van der Waals surface area contributed by atoms with Crippen molar-refractivity contribution in [2.75, 3.05) is 13.1 Å². The van der Waals surface area contributed by atoms with Crippen LogP contribution in [0.5, 0.6) is 0 Å². The zero-order valence-corrected chi connectivity index (χ0v) is 10.7. The van der Waals surface area contributed by atoms with E-state index in [1.807, 2.05) is 16.9 Å². The van der Waals surface area contributed by atoms with E-state index >= 15 is 0 Å². The van der Waals surface area contributed by atoms with Crippen LogP contribution in [-0.2, 0) is 11.3 Å². The maximum atomic E-state index is 11.9. The van der Waals surface area contributed by atoms with E-state index in [0.29, 0.717) is 18.0 Å². The van der Waals surface area contributed by atoms with E-state index in [2.05, 4.69) is 15.3 Å². The first-order valence-electron chi connectivity index (χ1n) is 6.73. The van der Waals surface area contributed by atoms with Crippen molar-refractivity contribution in [3.05, 3.63) is 18.5 Å². The number of carbonyl (C=O) groups excluding carboxylic acids is 1. The van der Waals surface area contributed by atoms with Crippen LogP contribution >= 0.6 is 0 Å². The minimum Gasteiger partial charge on any atom is -0.335 e. The Morgan fingerprint density at radius 3 is 3.17 bits per heavy atom. The normalized spacial score (nSPS) is 31.4. The van der Waals surface area contributed by atoms with Gasteiger partial charge in [-0.05, 0) is 37.9 Å². The van der Waals surface area contributed by atoms with Crippen LogP contribution in [0.4, 0.5) is 0 Å². The molecule has 0 unspecified atom stereocenters. The predicted molar refractivity (Wildman–Crippen MR) is 67.9 cm³/mol. The predicted octanol–water partition coefficient (Wildman–Crippen LogP) is 0.482. The fourth-order valence-corrected chi connectivity index (χ4v) is 3.53. The highest BCUT2D eigenvalue weighted by molar-refractivity contribution is 5.74. The number of carbonyl (C=O) groups is 1. The van der Waals surface area contributed by atoms with Crippen LogP contribution in [0.25, 0.3) is 0 Å². The van der Waals surface area contributed by atoms with Crippen LogP contribution in [0.2, 0.25) is 0 Å². The minimum absolute atomic E-state index is 0.210. The zero-order chi connectivity index (χ0) is 12.5. The summed E-state index contributed by atoms with van der Waals surface area (Å²) in [6.07, 6.45) is 5.94. The molecular formula is C13H20N4O. The van der Waals surface area contributed by atoms with Gasteiger partial charge in [0, 0.05) is 25.4 Å². The molecule has 1 N–H and O–H groups in total. The van der Waals surface area contributed by atoms with Crippen molar-refractivity contribution in [1.82, 2.24) is 20.0 Å². The third kappa shape index (κ3) is 2.03. The molecule has 0 aromatic carbocycles. The summed E-state index contributed by atoms with van der Waals surface area (Å²) in [5, 5.41) is 7.69. The van der Waals surface area contributed by atoms with E-state index in [1.54, 1.807) is 13.1 Å². The Bertz CT molecular complexity index is 417. The number of hydrogen-bond donors (Lipinski definition) is 1. The van der Waals surface area contributed by atoms with Gasteiger partial charge in [-0.3, -0.25) is 9.48 Å². The highest BCUT2D eigenvalue weighted by Crippen LogP contribution is 2.34. The van der Waals surface area contributed by atoms with Crippen LogP contribution in [0.15, 0.2) is 18.5 Å². The molecule has 5 nitrogen and oxygen atoms in total. The smallest absolute Gasteiger partial charge is 0.220 e. The van der Waals surface area contributed by atoms with Gasteiger partial charge in [0.2, 0.25) is 5.91 Å². The van der Waals surface area contributed by atoms with Crippen molar-refractivity contribution >= 4 is 5.91 Å². The molecule has 3 atom stereocenters. The van der Waals surface area contributed by atoms with Gasteiger partial charge in [-0.2, -0.15) is 5.10 Å². The van der Waals surface area contributed by atoms with E-state index in [1.165, 1.54) is 0 Å². The molecule has 2 aliphatic heterocycles. The monoisotopic (exact) mass is 248 g/mol. The summed E-state index contributed by atoms with van der Waals surface area (Å²) >= 11 is 0. The number of nitrogens with one attached hydrogen (secondary N) is 1. The Balaban J connectivity index is 1.78. The summed E-state index contributed by atoms with van der Waals surface area (Å²) in [6.45, 7) is 4.59. The topological polar surface area (TPSA) is 50.2 Å². The number of nitrogens with zero attached hydrogens (tertiary/aromatic N) is 3. The molecule has 0 bridgehead atoms. The Labute approximate surface area is 107 Å². The van der Waals surface area contributed by atoms with Crippen LogP contribution in [0.3, 0.4) is 0 Å². The Hall–Kier alpha value is -1.36. The van der Waals surface area contributed by atoms with Crippen molar-refractivity contribution in [2.24, 2.45) is 5.92 Å². The third-order valence-electron chi connectivity index (χ3n) is 4.21. The lowest BCUT2D eigenvalue weighted by Crippen LogP contribution is -2.47. The summed E-state index contributed by atoms with van der Waals surface area (Å²) in [6, 6.07) is 2.67. The Kier molecular flexibility index (Phi) is 3.07. The average Bonchev–Trinajstić information content (AvgIpc) is 2.95. The maximum Gasteiger partial charge on any atom is 0.220 e. The third-order valence-corrected chi connectivity index (χ3v) is 4.21. The Morgan fingerprint density at radius 2 is 2.44 bits per heavy atom. The second-order valence-electron chi connectivity index (χ2n) is 5.36. The molecule has 98 valence electrons. The van der Waals surface area contributed by atoms with Gasteiger partial charge in [-0.15, -0.1) is 0 Å². The lowest BCUT2D eigenvalue weighted by atomic mass is 9.93. The molecule has 0 saturated carbocycles. The van der Waals surface area contributed by atoms with Gasteiger partial charge in [0.1, 0.15) is 0 Å². The van der Waals surface area contributed by atoms with Crippen LogP contribution in [-0.4, -0.2) is 45.8 Å². The van der Waals surface area contributed by atoms with Gasteiger partial charge >= 0.3 is 0 Å². The van der Waals surface area contributed by atoms with Crippen LogP contribution < -0.4 is 5.32 Å². The van der Waals surface area contributed by atoms with E-state index in [9.17, 15) is 4.79 Å². The van der Waals surface area contributed by atoms with Crippen LogP contribution in [0, 0.1) is 5.92 Å². The molecule has 18 heavy (non-hydrogen) atoms. The van der Waals surface area contributed by atoms with Crippen molar-refractivity contribution in [1.29, 1.82) is 0 Å². The highest BCUT2D eigenvalue weighted by atomic mass is 16.2. The van der Waals surface area contributed by atoms with E-state index in [-0.39, 0.29) is 5.91 Å². The largest absolute Gasteiger partial charge is 0.335 e. The fourth-order valence-electron chi connectivity index (χ4n) is 3.53. The molecule has 5 heteroatoms. The first kappa shape index (κ1) is 11.7. The van der Waals surface area contributed by atoms with Crippen molar-refractivity contribution in [3.8, 4) is 0 Å². The van der Waals surface area contributed by atoms with Gasteiger partial charge in [0.25, 0.3) is 0 Å². The lowest BCUT2D eigenvalue weighted by Gasteiger charge is -2.33. The van der Waals surface area contributed by atoms with E-state index in [0.717, 1.165) is 32.5 Å². The Morgan fingerprint density at radius 1 is 1.56 bits per heavy atom. The average molecular weight is 248 g/mol. The van der Waals surface area contributed by atoms with E-state index in [4.69, 9.17) is 0 Å². The second kappa shape index (κ2) is 4.72. The molecule has 1 aromatic heterocycles. The summed E-state index contributed by atoms with van der Waals surface area (Å²) < 4.78 is 1.94. The standard InChI is InChI=1S/C13H20N4O/c1-10(18)17-12(9-16-6-2-4-15-16)7-11-8-14-5-3-13(11)17/h2,4,6,11-14H,3,5,7-9H2,1H3/t11-,12+,13+/m1/s1. The fraction of sp³-hybridized carbons (Fsp3) is 0.692. The van der Waals surface area contributed by atoms with Gasteiger partial charge in [-0.25, -0.2) is 0 Å². The number of aromatic nitrogens is 2. The SMILES string of the molecule is CC(=O)N1[C@H](Cn2cccn2)C[C@@H]2CNCC[C@@H]21. The van der Waals surface area contributed by atoms with Crippen LogP contribution in [0.1, 0.15) is 19.8 Å². The van der Waals surface area contributed by atoms with Gasteiger partial charge in [-0.1, -0.05) is 0 Å². The molecule has 2 aliphatic rings. The molecule has 3 rings (SSSR count). The number of amides is 1. The second-order valence-corrected chi connectivity index (χ2v) is 5.36. The molecule has 1 amide bonds. The zero-order valence-electron chi connectivity index (χ0n) is 10.7. The molecule has 2 saturated heterocycles. The summed E-state index contributed by atoms with van der Waals surface area (Å²) in [4.78, 5) is 14.0. The van der Waals surface area contributed by atoms with Gasteiger partial charge < -0.3 is 10.2 Å². The first-order valence-corrected chi connectivity index (χ1v) is 6.73. The number of rotatable bonds is 2. The molecule has 2 fully saturated rings. The molecule has 0 spiro atoms. The molecule has 1 aromatic rings. The quantitative estimate of drug-likeness (QED) is 0.828. The molecule has 0 aliphatic carbocycles. The number of hydrogen-bond acceptors (Lipinski definition) is 3.